The predicted octanol–water partition coefficient (Wildman–Crippen LogP) is 2.90. The molecule has 1 aliphatic heterocycles. The maximum Gasteiger partial charge on any atom is 0.144 e. The molecule has 116 valence electrons. The molecule has 1 heterocycles. The monoisotopic (exact) mass is 309 g/mol. The molecular formula is C16H23NO3S. The molecular weight excluding hydrogens is 286 g/mol. The summed E-state index contributed by atoms with van der Waals surface area (Å²) in [4.78, 5) is 0. The van der Waals surface area contributed by atoms with E-state index in [2.05, 4.69) is 4.40 Å². The van der Waals surface area contributed by atoms with E-state index in [-0.39, 0.29) is 10.9 Å². The third-order valence-electron chi connectivity index (χ3n) is 3.15. The highest BCUT2D eigenvalue weighted by Crippen LogP contribution is 2.17. The van der Waals surface area contributed by atoms with Gasteiger partial charge in [-0.15, -0.1) is 0 Å². The van der Waals surface area contributed by atoms with Crippen molar-refractivity contribution in [3.63, 3.8) is 0 Å². The van der Waals surface area contributed by atoms with Gasteiger partial charge in [0.25, 0.3) is 0 Å². The zero-order valence-electron chi connectivity index (χ0n) is 12.9. The standard InChI is InChI=1S/C16H23NO3S/c1-16(2,3)21(18)17-14-9-10-20-15(14)12-19-11-13-7-5-4-6-8-13/h4-8,15H,9-12H2,1-3H3/t15-,21+/m0/s1. The highest BCUT2D eigenvalue weighted by Gasteiger charge is 2.27. The van der Waals surface area contributed by atoms with E-state index in [4.69, 9.17) is 9.47 Å². The molecule has 2 rings (SSSR count). The van der Waals surface area contributed by atoms with Gasteiger partial charge in [0.2, 0.25) is 0 Å². The minimum absolute atomic E-state index is 0.167. The Balaban J connectivity index is 1.88. The Morgan fingerprint density at radius 1 is 1.33 bits per heavy atom. The third-order valence-corrected chi connectivity index (χ3v) is 4.60. The topological polar surface area (TPSA) is 47.9 Å². The van der Waals surface area contributed by atoms with Crippen molar-refractivity contribution in [2.75, 3.05) is 13.2 Å². The Labute approximate surface area is 129 Å². The summed E-state index contributed by atoms with van der Waals surface area (Å²) in [6.07, 6.45) is 0.571. The first-order valence-electron chi connectivity index (χ1n) is 7.19. The second-order valence-electron chi connectivity index (χ2n) is 6.05. The molecule has 0 amide bonds. The molecule has 0 N–H and O–H groups in total. The molecule has 0 radical (unpaired) electrons. The SMILES string of the molecule is CC(C)(C)[S@@](=O)N=C1CCO[C@H]1COCc1ccccc1. The maximum absolute atomic E-state index is 12.1. The van der Waals surface area contributed by atoms with Gasteiger partial charge in [0.1, 0.15) is 17.1 Å². The van der Waals surface area contributed by atoms with Crippen LogP contribution in [0, 0.1) is 0 Å². The molecule has 21 heavy (non-hydrogen) atoms. The third kappa shape index (κ3) is 5.02. The van der Waals surface area contributed by atoms with Crippen LogP contribution in [0.15, 0.2) is 34.7 Å². The summed E-state index contributed by atoms with van der Waals surface area (Å²) in [6.45, 7) is 7.39. The number of hydrogen-bond acceptors (Lipinski definition) is 3. The Morgan fingerprint density at radius 2 is 2.05 bits per heavy atom. The zero-order valence-corrected chi connectivity index (χ0v) is 13.7. The first-order valence-corrected chi connectivity index (χ1v) is 8.30. The van der Waals surface area contributed by atoms with Gasteiger partial charge in [-0.2, -0.15) is 4.40 Å². The number of rotatable bonds is 5. The average Bonchev–Trinajstić information content (AvgIpc) is 2.86. The van der Waals surface area contributed by atoms with E-state index in [9.17, 15) is 4.21 Å². The molecule has 0 unspecified atom stereocenters. The summed E-state index contributed by atoms with van der Waals surface area (Å²) in [5, 5.41) is 0. The quantitative estimate of drug-likeness (QED) is 0.840. The fourth-order valence-corrected chi connectivity index (χ4v) is 2.61. The van der Waals surface area contributed by atoms with Gasteiger partial charge in [-0.05, 0) is 26.3 Å². The second kappa shape index (κ2) is 7.29. The largest absolute Gasteiger partial charge is 0.374 e. The van der Waals surface area contributed by atoms with E-state index in [1.807, 2.05) is 51.1 Å². The van der Waals surface area contributed by atoms with Crippen LogP contribution in [0.5, 0.6) is 0 Å². The van der Waals surface area contributed by atoms with Crippen molar-refractivity contribution in [3.8, 4) is 0 Å². The van der Waals surface area contributed by atoms with Crippen molar-refractivity contribution in [2.45, 2.75) is 44.6 Å². The summed E-state index contributed by atoms with van der Waals surface area (Å²) < 4.78 is 27.4. The van der Waals surface area contributed by atoms with Crippen LogP contribution in [0.4, 0.5) is 0 Å². The fourth-order valence-electron chi connectivity index (χ4n) is 1.91. The number of hydrogen-bond donors (Lipinski definition) is 0. The molecule has 1 fully saturated rings. The summed E-state index contributed by atoms with van der Waals surface area (Å²) in [5.74, 6) is 0. The van der Waals surface area contributed by atoms with E-state index in [1.54, 1.807) is 0 Å². The van der Waals surface area contributed by atoms with Gasteiger partial charge in [0.15, 0.2) is 0 Å². The molecule has 0 aromatic heterocycles. The number of nitrogens with zero attached hydrogens (tertiary/aromatic N) is 1. The Kier molecular flexibility index (Phi) is 5.67. The van der Waals surface area contributed by atoms with Crippen LogP contribution in [0.2, 0.25) is 0 Å². The van der Waals surface area contributed by atoms with Gasteiger partial charge < -0.3 is 9.47 Å². The zero-order chi connectivity index (χ0) is 15.3. The highest BCUT2D eigenvalue weighted by molar-refractivity contribution is 7.85. The normalized spacial score (nSPS) is 22.6. The molecule has 1 aromatic rings. The van der Waals surface area contributed by atoms with E-state index >= 15 is 0 Å². The van der Waals surface area contributed by atoms with Crippen molar-refractivity contribution < 1.29 is 13.7 Å². The smallest absolute Gasteiger partial charge is 0.144 e. The highest BCUT2D eigenvalue weighted by atomic mass is 32.2. The maximum atomic E-state index is 12.1. The van der Waals surface area contributed by atoms with E-state index in [0.29, 0.717) is 19.8 Å². The summed E-state index contributed by atoms with van der Waals surface area (Å²) in [5.41, 5.74) is 1.99. The lowest BCUT2D eigenvalue weighted by atomic mass is 10.2. The van der Waals surface area contributed by atoms with Crippen LogP contribution in [0.1, 0.15) is 32.8 Å². The molecule has 1 aromatic carbocycles. The minimum atomic E-state index is -1.24. The van der Waals surface area contributed by atoms with Crippen molar-refractivity contribution >= 4 is 16.7 Å². The lowest BCUT2D eigenvalue weighted by molar-refractivity contribution is 0.0295. The number of benzene rings is 1. The predicted molar refractivity (Wildman–Crippen MR) is 85.8 cm³/mol. The van der Waals surface area contributed by atoms with Crippen molar-refractivity contribution in [1.29, 1.82) is 0 Å². The van der Waals surface area contributed by atoms with Crippen LogP contribution in [0.25, 0.3) is 0 Å². The van der Waals surface area contributed by atoms with E-state index < -0.39 is 11.0 Å². The molecule has 0 aliphatic carbocycles. The molecule has 0 spiro atoms. The first-order chi connectivity index (χ1) is 9.97. The summed E-state index contributed by atoms with van der Waals surface area (Å²) in [7, 11) is -1.24. The van der Waals surface area contributed by atoms with Gasteiger partial charge in [-0.1, -0.05) is 30.3 Å². The fraction of sp³-hybridized carbons (Fsp3) is 0.562. The minimum Gasteiger partial charge on any atom is -0.374 e. The average molecular weight is 309 g/mol. The summed E-state index contributed by atoms with van der Waals surface area (Å²) >= 11 is 0. The van der Waals surface area contributed by atoms with Crippen molar-refractivity contribution in [3.05, 3.63) is 35.9 Å². The van der Waals surface area contributed by atoms with Gasteiger partial charge >= 0.3 is 0 Å². The van der Waals surface area contributed by atoms with Gasteiger partial charge in [-0.25, -0.2) is 4.21 Å². The molecule has 4 nitrogen and oxygen atoms in total. The molecule has 1 saturated heterocycles. The Morgan fingerprint density at radius 3 is 2.71 bits per heavy atom. The van der Waals surface area contributed by atoms with Gasteiger partial charge in [0, 0.05) is 6.42 Å². The Hall–Kier alpha value is -1.04. The molecule has 5 heteroatoms. The van der Waals surface area contributed by atoms with Gasteiger partial charge in [0.05, 0.1) is 30.3 Å². The van der Waals surface area contributed by atoms with Crippen LogP contribution in [0.3, 0.4) is 0 Å². The van der Waals surface area contributed by atoms with Gasteiger partial charge in [-0.3, -0.25) is 0 Å². The van der Waals surface area contributed by atoms with Crippen LogP contribution >= 0.6 is 0 Å². The van der Waals surface area contributed by atoms with E-state index in [1.165, 1.54) is 0 Å². The van der Waals surface area contributed by atoms with Crippen LogP contribution in [-0.2, 0) is 27.1 Å². The first kappa shape index (κ1) is 16.3. The molecule has 0 bridgehead atoms. The lowest BCUT2D eigenvalue weighted by Gasteiger charge is -2.16. The van der Waals surface area contributed by atoms with Crippen LogP contribution < -0.4 is 0 Å². The summed E-state index contributed by atoms with van der Waals surface area (Å²) in [6, 6.07) is 10.0. The molecule has 2 atom stereocenters. The van der Waals surface area contributed by atoms with Crippen molar-refractivity contribution in [1.82, 2.24) is 0 Å². The van der Waals surface area contributed by atoms with E-state index in [0.717, 1.165) is 17.7 Å². The Bertz CT molecular complexity index is 508. The van der Waals surface area contributed by atoms with Crippen LogP contribution in [-0.4, -0.2) is 34.0 Å². The molecule has 1 aliphatic rings. The second-order valence-corrected chi connectivity index (χ2v) is 7.96. The van der Waals surface area contributed by atoms with Crippen molar-refractivity contribution in [2.24, 2.45) is 4.40 Å². The number of ether oxygens (including phenoxy) is 2. The lowest BCUT2D eigenvalue weighted by Crippen LogP contribution is -2.26. The molecule has 0 saturated carbocycles.